The number of carbonyl (C=O) groups is 1. The summed E-state index contributed by atoms with van der Waals surface area (Å²) < 4.78 is 38.7. The standard InChI is InChI=1S/C20H21F2NO3/c1-4-25-20(24)17-10-15(13-6-5-12(21)9-16(13)22)14-7-8-18(11(2)3)26-19(14)23-17/h5-6,9-11,18H,4,7-8H2,1-3H3/t18-/m0/s1. The van der Waals surface area contributed by atoms with Crippen molar-refractivity contribution in [2.45, 2.75) is 39.7 Å². The van der Waals surface area contributed by atoms with Gasteiger partial charge in [-0.1, -0.05) is 13.8 Å². The highest BCUT2D eigenvalue weighted by atomic mass is 19.1. The fourth-order valence-corrected chi connectivity index (χ4v) is 3.10. The lowest BCUT2D eigenvalue weighted by Crippen LogP contribution is -2.29. The molecule has 0 fully saturated rings. The van der Waals surface area contributed by atoms with Crippen molar-refractivity contribution in [3.63, 3.8) is 0 Å². The molecule has 1 aliphatic heterocycles. The van der Waals surface area contributed by atoms with Crippen LogP contribution >= 0.6 is 0 Å². The van der Waals surface area contributed by atoms with Crippen molar-refractivity contribution in [2.75, 3.05) is 6.61 Å². The summed E-state index contributed by atoms with van der Waals surface area (Å²) in [4.78, 5) is 16.5. The van der Waals surface area contributed by atoms with Crippen molar-refractivity contribution >= 4 is 5.97 Å². The Kier molecular flexibility index (Phi) is 5.20. The third kappa shape index (κ3) is 3.54. The Labute approximate surface area is 151 Å². The summed E-state index contributed by atoms with van der Waals surface area (Å²) in [6, 6.07) is 4.87. The molecule has 2 heterocycles. The molecule has 0 bridgehead atoms. The normalized spacial score (nSPS) is 16.2. The van der Waals surface area contributed by atoms with Crippen molar-refractivity contribution in [1.82, 2.24) is 4.98 Å². The lowest BCUT2D eigenvalue weighted by molar-refractivity contribution is 0.0515. The van der Waals surface area contributed by atoms with Gasteiger partial charge in [0.25, 0.3) is 0 Å². The van der Waals surface area contributed by atoms with E-state index in [0.717, 1.165) is 18.1 Å². The van der Waals surface area contributed by atoms with Gasteiger partial charge in [0.15, 0.2) is 5.69 Å². The molecule has 0 N–H and O–H groups in total. The van der Waals surface area contributed by atoms with E-state index in [2.05, 4.69) is 4.98 Å². The van der Waals surface area contributed by atoms with E-state index in [0.29, 0.717) is 17.9 Å². The number of halogens is 2. The number of benzene rings is 1. The van der Waals surface area contributed by atoms with Gasteiger partial charge in [-0.2, -0.15) is 0 Å². The maximum absolute atomic E-state index is 14.4. The van der Waals surface area contributed by atoms with Crippen LogP contribution in [-0.2, 0) is 11.2 Å². The van der Waals surface area contributed by atoms with Gasteiger partial charge in [-0.05, 0) is 49.4 Å². The Morgan fingerprint density at radius 2 is 2.08 bits per heavy atom. The lowest BCUT2D eigenvalue weighted by Gasteiger charge is -2.29. The highest BCUT2D eigenvalue weighted by molar-refractivity contribution is 5.90. The third-order valence-electron chi connectivity index (χ3n) is 4.48. The molecule has 1 aliphatic rings. The molecule has 0 saturated carbocycles. The predicted octanol–water partition coefficient (Wildman–Crippen LogP) is 4.55. The smallest absolute Gasteiger partial charge is 0.357 e. The van der Waals surface area contributed by atoms with Crippen LogP contribution < -0.4 is 4.74 Å². The third-order valence-corrected chi connectivity index (χ3v) is 4.48. The number of esters is 1. The molecule has 4 nitrogen and oxygen atoms in total. The fraction of sp³-hybridized carbons (Fsp3) is 0.400. The number of hydrogen-bond donors (Lipinski definition) is 0. The molecule has 138 valence electrons. The first-order chi connectivity index (χ1) is 12.4. The first-order valence-electron chi connectivity index (χ1n) is 8.73. The Balaban J connectivity index is 2.15. The Morgan fingerprint density at radius 3 is 2.73 bits per heavy atom. The number of pyridine rings is 1. The quantitative estimate of drug-likeness (QED) is 0.750. The summed E-state index contributed by atoms with van der Waals surface area (Å²) in [5.41, 5.74) is 1.47. The van der Waals surface area contributed by atoms with Crippen molar-refractivity contribution in [2.24, 2.45) is 5.92 Å². The van der Waals surface area contributed by atoms with E-state index >= 15 is 0 Å². The van der Waals surface area contributed by atoms with Gasteiger partial charge in [0, 0.05) is 17.2 Å². The average molecular weight is 361 g/mol. The zero-order valence-corrected chi connectivity index (χ0v) is 15.0. The molecule has 6 heteroatoms. The Hall–Kier alpha value is -2.50. The number of aromatic nitrogens is 1. The number of fused-ring (bicyclic) bond motifs is 1. The SMILES string of the molecule is CCOC(=O)c1cc(-c2ccc(F)cc2F)c2c(n1)O[C@H](C(C)C)CC2. The van der Waals surface area contributed by atoms with Crippen LogP contribution in [0.25, 0.3) is 11.1 Å². The monoisotopic (exact) mass is 361 g/mol. The summed E-state index contributed by atoms with van der Waals surface area (Å²) in [7, 11) is 0. The second-order valence-corrected chi connectivity index (χ2v) is 6.62. The van der Waals surface area contributed by atoms with Crippen LogP contribution in [0.2, 0.25) is 0 Å². The molecule has 2 aromatic rings. The van der Waals surface area contributed by atoms with Gasteiger partial charge in [-0.25, -0.2) is 18.6 Å². The highest BCUT2D eigenvalue weighted by Crippen LogP contribution is 2.37. The molecule has 0 amide bonds. The van der Waals surface area contributed by atoms with Crippen molar-refractivity contribution in [3.8, 4) is 17.0 Å². The molecule has 3 rings (SSSR count). The van der Waals surface area contributed by atoms with E-state index in [1.807, 2.05) is 13.8 Å². The minimum Gasteiger partial charge on any atom is -0.474 e. The van der Waals surface area contributed by atoms with Crippen LogP contribution in [0.5, 0.6) is 5.88 Å². The number of rotatable bonds is 4. The first kappa shape index (κ1) is 18.3. The van der Waals surface area contributed by atoms with Crippen LogP contribution in [-0.4, -0.2) is 23.7 Å². The van der Waals surface area contributed by atoms with Gasteiger partial charge < -0.3 is 9.47 Å². The van der Waals surface area contributed by atoms with Gasteiger partial charge in [0.05, 0.1) is 6.61 Å². The maximum atomic E-state index is 14.4. The van der Waals surface area contributed by atoms with E-state index in [9.17, 15) is 13.6 Å². The zero-order valence-electron chi connectivity index (χ0n) is 15.0. The number of hydrogen-bond acceptors (Lipinski definition) is 4. The van der Waals surface area contributed by atoms with E-state index in [-0.39, 0.29) is 29.9 Å². The number of carbonyl (C=O) groups excluding carboxylic acids is 1. The fourth-order valence-electron chi connectivity index (χ4n) is 3.10. The minimum absolute atomic E-state index is 0.0293. The molecule has 0 spiro atoms. The summed E-state index contributed by atoms with van der Waals surface area (Å²) in [5, 5.41) is 0. The van der Waals surface area contributed by atoms with Gasteiger partial charge in [-0.15, -0.1) is 0 Å². The van der Waals surface area contributed by atoms with Crippen LogP contribution in [0.15, 0.2) is 24.3 Å². The predicted molar refractivity (Wildman–Crippen MR) is 93.1 cm³/mol. The average Bonchev–Trinajstić information content (AvgIpc) is 2.60. The van der Waals surface area contributed by atoms with Crippen molar-refractivity contribution in [3.05, 3.63) is 47.2 Å². The molecule has 1 atom stereocenters. The molecule has 0 saturated heterocycles. The van der Waals surface area contributed by atoms with Crippen molar-refractivity contribution < 1.29 is 23.0 Å². The van der Waals surface area contributed by atoms with Crippen LogP contribution in [0.3, 0.4) is 0 Å². The largest absolute Gasteiger partial charge is 0.474 e. The zero-order chi connectivity index (χ0) is 18.8. The van der Waals surface area contributed by atoms with Crippen molar-refractivity contribution in [1.29, 1.82) is 0 Å². The molecule has 0 radical (unpaired) electrons. The highest BCUT2D eigenvalue weighted by Gasteiger charge is 2.28. The lowest BCUT2D eigenvalue weighted by atomic mass is 9.91. The molecule has 1 aromatic heterocycles. The maximum Gasteiger partial charge on any atom is 0.357 e. The molecular weight excluding hydrogens is 340 g/mol. The van der Waals surface area contributed by atoms with Gasteiger partial charge in [0.2, 0.25) is 5.88 Å². The van der Waals surface area contributed by atoms with Crippen LogP contribution in [0.4, 0.5) is 8.78 Å². The molecular formula is C20H21F2NO3. The first-order valence-corrected chi connectivity index (χ1v) is 8.73. The number of nitrogens with zero attached hydrogens (tertiary/aromatic N) is 1. The minimum atomic E-state index is -0.695. The molecule has 0 aliphatic carbocycles. The van der Waals surface area contributed by atoms with E-state index in [1.165, 1.54) is 18.2 Å². The molecule has 1 aromatic carbocycles. The summed E-state index contributed by atoms with van der Waals surface area (Å²) >= 11 is 0. The van der Waals surface area contributed by atoms with E-state index in [4.69, 9.17) is 9.47 Å². The second kappa shape index (κ2) is 7.40. The van der Waals surface area contributed by atoms with Gasteiger partial charge in [0.1, 0.15) is 17.7 Å². The summed E-state index contributed by atoms with van der Waals surface area (Å²) in [6.45, 7) is 5.99. The topological polar surface area (TPSA) is 48.4 Å². The van der Waals surface area contributed by atoms with Gasteiger partial charge in [-0.3, -0.25) is 0 Å². The number of ether oxygens (including phenoxy) is 2. The summed E-state index contributed by atoms with van der Waals surface area (Å²) in [6.07, 6.45) is 1.37. The van der Waals surface area contributed by atoms with Crippen LogP contribution in [0, 0.1) is 17.6 Å². The molecule has 0 unspecified atom stereocenters. The Bertz CT molecular complexity index is 836. The summed E-state index contributed by atoms with van der Waals surface area (Å²) in [5.74, 6) is -1.36. The molecule has 26 heavy (non-hydrogen) atoms. The van der Waals surface area contributed by atoms with Gasteiger partial charge >= 0.3 is 5.97 Å². The Morgan fingerprint density at radius 1 is 1.31 bits per heavy atom. The van der Waals surface area contributed by atoms with Crippen LogP contribution in [0.1, 0.15) is 43.2 Å². The van der Waals surface area contributed by atoms with E-state index in [1.54, 1.807) is 6.92 Å². The second-order valence-electron chi connectivity index (χ2n) is 6.62. The van der Waals surface area contributed by atoms with E-state index < -0.39 is 17.6 Å².